The molecule has 0 spiro atoms. The van der Waals surface area contributed by atoms with Crippen LogP contribution in [0.25, 0.3) is 0 Å². The number of halogens is 4. The number of hydrogen-bond acceptors (Lipinski definition) is 1. The predicted octanol–water partition coefficient (Wildman–Crippen LogP) is 5.19. The highest BCUT2D eigenvalue weighted by Crippen LogP contribution is 2.31. The molecule has 1 atom stereocenters. The third kappa shape index (κ3) is 3.45. The van der Waals surface area contributed by atoms with Gasteiger partial charge >= 0.3 is 0 Å². The summed E-state index contributed by atoms with van der Waals surface area (Å²) in [6, 6.07) is 9.57. The lowest BCUT2D eigenvalue weighted by Gasteiger charge is -2.21. The Morgan fingerprint density at radius 1 is 1.05 bits per heavy atom. The fourth-order valence-corrected chi connectivity index (χ4v) is 2.89. The van der Waals surface area contributed by atoms with E-state index in [1.807, 2.05) is 25.1 Å². The highest BCUT2D eigenvalue weighted by molar-refractivity contribution is 9.11. The van der Waals surface area contributed by atoms with Crippen molar-refractivity contribution in [3.63, 3.8) is 0 Å². The molecule has 2 aromatic rings. The van der Waals surface area contributed by atoms with Crippen LogP contribution in [-0.4, -0.2) is 6.54 Å². The Morgan fingerprint density at radius 2 is 1.80 bits per heavy atom. The van der Waals surface area contributed by atoms with Gasteiger partial charge in [0.2, 0.25) is 0 Å². The van der Waals surface area contributed by atoms with Gasteiger partial charge in [-0.15, -0.1) is 0 Å². The molecule has 1 nitrogen and oxygen atoms in total. The van der Waals surface area contributed by atoms with Crippen molar-refractivity contribution in [1.29, 1.82) is 0 Å². The lowest BCUT2D eigenvalue weighted by molar-refractivity contribution is 0.504. The molecule has 2 aromatic carbocycles. The van der Waals surface area contributed by atoms with E-state index in [9.17, 15) is 8.78 Å². The summed E-state index contributed by atoms with van der Waals surface area (Å²) in [5.74, 6) is -1.67. The molecular formula is C15H13Br2F2N. The smallest absolute Gasteiger partial charge is 0.159 e. The summed E-state index contributed by atoms with van der Waals surface area (Å²) in [5, 5.41) is 3.29. The van der Waals surface area contributed by atoms with E-state index in [2.05, 4.69) is 37.2 Å². The molecule has 0 aliphatic rings. The largest absolute Gasteiger partial charge is 0.306 e. The summed E-state index contributed by atoms with van der Waals surface area (Å²) >= 11 is 6.93. The average Bonchev–Trinajstić information content (AvgIpc) is 2.42. The van der Waals surface area contributed by atoms with Gasteiger partial charge in [-0.05, 0) is 48.0 Å². The van der Waals surface area contributed by atoms with Crippen LogP contribution < -0.4 is 5.32 Å². The Balaban J connectivity index is 2.49. The summed E-state index contributed by atoms with van der Waals surface area (Å²) in [6.45, 7) is 2.68. The van der Waals surface area contributed by atoms with E-state index in [0.29, 0.717) is 12.1 Å². The molecule has 5 heteroatoms. The Kier molecular flexibility index (Phi) is 5.29. The zero-order chi connectivity index (χ0) is 14.7. The molecule has 0 saturated carbocycles. The maximum atomic E-state index is 13.5. The van der Waals surface area contributed by atoms with E-state index in [-0.39, 0.29) is 6.04 Å². The lowest BCUT2D eigenvalue weighted by Crippen LogP contribution is -2.22. The van der Waals surface area contributed by atoms with E-state index in [1.54, 1.807) is 6.07 Å². The molecule has 2 rings (SSSR count). The van der Waals surface area contributed by atoms with Crippen LogP contribution in [-0.2, 0) is 0 Å². The molecule has 0 heterocycles. The van der Waals surface area contributed by atoms with Crippen LogP contribution in [0, 0.1) is 11.6 Å². The second kappa shape index (κ2) is 6.78. The fourth-order valence-electron chi connectivity index (χ4n) is 2.04. The molecule has 106 valence electrons. The van der Waals surface area contributed by atoms with Crippen LogP contribution in [0.5, 0.6) is 0 Å². The van der Waals surface area contributed by atoms with Crippen LogP contribution in [0.2, 0.25) is 0 Å². The lowest BCUT2D eigenvalue weighted by atomic mass is 9.98. The third-order valence-corrected chi connectivity index (χ3v) is 4.17. The minimum Gasteiger partial charge on any atom is -0.306 e. The molecule has 0 saturated heterocycles. The average molecular weight is 405 g/mol. The van der Waals surface area contributed by atoms with Gasteiger partial charge in [0.1, 0.15) is 0 Å². The molecule has 1 unspecified atom stereocenters. The van der Waals surface area contributed by atoms with Crippen LogP contribution in [0.4, 0.5) is 8.78 Å². The highest BCUT2D eigenvalue weighted by atomic mass is 79.9. The summed E-state index contributed by atoms with van der Waals surface area (Å²) in [6.07, 6.45) is 0. The van der Waals surface area contributed by atoms with Crippen molar-refractivity contribution in [1.82, 2.24) is 5.32 Å². The first-order chi connectivity index (χ1) is 9.52. The molecule has 1 N–H and O–H groups in total. The second-order valence-electron chi connectivity index (χ2n) is 4.33. The first kappa shape index (κ1) is 15.6. The predicted molar refractivity (Wildman–Crippen MR) is 83.7 cm³/mol. The monoisotopic (exact) mass is 403 g/mol. The van der Waals surface area contributed by atoms with Gasteiger partial charge in [-0.3, -0.25) is 0 Å². The Morgan fingerprint density at radius 3 is 2.45 bits per heavy atom. The van der Waals surface area contributed by atoms with Crippen molar-refractivity contribution in [3.8, 4) is 0 Å². The van der Waals surface area contributed by atoms with Crippen LogP contribution in [0.15, 0.2) is 45.3 Å². The van der Waals surface area contributed by atoms with E-state index >= 15 is 0 Å². The Hall–Kier alpha value is -0.780. The zero-order valence-corrected chi connectivity index (χ0v) is 13.9. The van der Waals surface area contributed by atoms with Crippen molar-refractivity contribution in [2.75, 3.05) is 6.54 Å². The SMILES string of the molecule is CCNC(c1ccc(F)c(F)c1)c1cc(Br)ccc1Br. The quantitative estimate of drug-likeness (QED) is 0.739. The highest BCUT2D eigenvalue weighted by Gasteiger charge is 2.17. The maximum absolute atomic E-state index is 13.5. The number of rotatable bonds is 4. The minimum absolute atomic E-state index is 0.207. The Labute approximate surface area is 133 Å². The van der Waals surface area contributed by atoms with E-state index in [4.69, 9.17) is 0 Å². The summed E-state index contributed by atoms with van der Waals surface area (Å²) < 4.78 is 28.4. The molecule has 0 aliphatic heterocycles. The van der Waals surface area contributed by atoms with Crippen LogP contribution in [0.1, 0.15) is 24.1 Å². The van der Waals surface area contributed by atoms with Crippen molar-refractivity contribution < 1.29 is 8.78 Å². The molecule has 0 bridgehead atoms. The normalized spacial score (nSPS) is 12.4. The molecule has 0 aliphatic carbocycles. The number of benzene rings is 2. The van der Waals surface area contributed by atoms with E-state index in [0.717, 1.165) is 20.6 Å². The zero-order valence-electron chi connectivity index (χ0n) is 10.8. The van der Waals surface area contributed by atoms with Crippen molar-refractivity contribution in [2.45, 2.75) is 13.0 Å². The second-order valence-corrected chi connectivity index (χ2v) is 6.10. The van der Waals surface area contributed by atoms with Gasteiger partial charge in [-0.25, -0.2) is 8.78 Å². The van der Waals surface area contributed by atoms with Gasteiger partial charge in [0, 0.05) is 8.95 Å². The molecular weight excluding hydrogens is 392 g/mol. The van der Waals surface area contributed by atoms with E-state index in [1.165, 1.54) is 6.07 Å². The van der Waals surface area contributed by atoms with Crippen LogP contribution in [0.3, 0.4) is 0 Å². The van der Waals surface area contributed by atoms with Gasteiger partial charge in [-0.2, -0.15) is 0 Å². The summed E-state index contributed by atoms with van der Waals surface area (Å²) in [5.41, 5.74) is 1.65. The van der Waals surface area contributed by atoms with Crippen LogP contribution >= 0.6 is 31.9 Å². The summed E-state index contributed by atoms with van der Waals surface area (Å²) in [7, 11) is 0. The Bertz CT molecular complexity index is 617. The van der Waals surface area contributed by atoms with Gasteiger partial charge in [0.05, 0.1) is 6.04 Å². The van der Waals surface area contributed by atoms with Gasteiger partial charge in [-0.1, -0.05) is 44.8 Å². The third-order valence-electron chi connectivity index (χ3n) is 2.95. The molecule has 0 radical (unpaired) electrons. The molecule has 20 heavy (non-hydrogen) atoms. The van der Waals surface area contributed by atoms with Gasteiger partial charge < -0.3 is 5.32 Å². The first-order valence-corrected chi connectivity index (χ1v) is 7.74. The fraction of sp³-hybridized carbons (Fsp3) is 0.200. The maximum Gasteiger partial charge on any atom is 0.159 e. The minimum atomic E-state index is -0.837. The van der Waals surface area contributed by atoms with Gasteiger partial charge in [0.15, 0.2) is 11.6 Å². The van der Waals surface area contributed by atoms with E-state index < -0.39 is 11.6 Å². The van der Waals surface area contributed by atoms with Crippen molar-refractivity contribution in [3.05, 3.63) is 68.1 Å². The molecule has 0 fully saturated rings. The molecule has 0 aromatic heterocycles. The first-order valence-electron chi connectivity index (χ1n) is 6.16. The van der Waals surface area contributed by atoms with Crippen molar-refractivity contribution in [2.24, 2.45) is 0 Å². The molecule has 0 amide bonds. The van der Waals surface area contributed by atoms with Crippen molar-refractivity contribution >= 4 is 31.9 Å². The summed E-state index contributed by atoms with van der Waals surface area (Å²) in [4.78, 5) is 0. The topological polar surface area (TPSA) is 12.0 Å². The van der Waals surface area contributed by atoms with Gasteiger partial charge in [0.25, 0.3) is 0 Å². The number of nitrogens with one attached hydrogen (secondary N) is 1. The number of hydrogen-bond donors (Lipinski definition) is 1. The standard InChI is InChI=1S/C15H13Br2F2N/c1-2-20-15(9-3-6-13(18)14(19)7-9)11-8-10(16)4-5-12(11)17/h3-8,15,20H,2H2,1H3.